The van der Waals surface area contributed by atoms with Crippen LogP contribution in [0.5, 0.6) is 5.75 Å². The molecule has 1 aliphatic rings. The van der Waals surface area contributed by atoms with Crippen LogP contribution in [0.15, 0.2) is 24.3 Å². The van der Waals surface area contributed by atoms with Gasteiger partial charge in [-0.1, -0.05) is 25.0 Å². The Kier molecular flexibility index (Phi) is 5.00. The fraction of sp³-hybridized carbons (Fsp3) is 0.500. The van der Waals surface area contributed by atoms with Crippen LogP contribution in [0.4, 0.5) is 0 Å². The fourth-order valence-electron chi connectivity index (χ4n) is 2.62. The Labute approximate surface area is 119 Å². The molecular weight excluding hydrogens is 252 g/mol. The van der Waals surface area contributed by atoms with Crippen LogP contribution in [0.25, 0.3) is 0 Å². The second kappa shape index (κ2) is 6.95. The lowest BCUT2D eigenvalue weighted by Crippen LogP contribution is -2.33. The largest absolute Gasteiger partial charge is 0.497 e. The van der Waals surface area contributed by atoms with E-state index in [9.17, 15) is 10.1 Å². The highest BCUT2D eigenvalue weighted by atomic mass is 16.5. The molecule has 0 spiro atoms. The highest BCUT2D eigenvalue weighted by Gasteiger charge is 2.20. The maximum atomic E-state index is 12.0. The fourth-order valence-corrected chi connectivity index (χ4v) is 2.62. The predicted octanol–water partition coefficient (Wildman–Crippen LogP) is 2.75. The van der Waals surface area contributed by atoms with Crippen molar-refractivity contribution in [1.82, 2.24) is 5.32 Å². The Hall–Kier alpha value is -2.02. The van der Waals surface area contributed by atoms with Gasteiger partial charge < -0.3 is 10.1 Å². The summed E-state index contributed by atoms with van der Waals surface area (Å²) in [6.45, 7) is 0. The summed E-state index contributed by atoms with van der Waals surface area (Å²) >= 11 is 0. The topological polar surface area (TPSA) is 62.1 Å². The lowest BCUT2D eigenvalue weighted by molar-refractivity contribution is -0.121. The van der Waals surface area contributed by atoms with Crippen LogP contribution in [0, 0.1) is 11.3 Å². The monoisotopic (exact) mass is 272 g/mol. The summed E-state index contributed by atoms with van der Waals surface area (Å²) in [6.07, 6.45) is 4.71. The van der Waals surface area contributed by atoms with E-state index in [0.717, 1.165) is 24.2 Å². The average Bonchev–Trinajstić information content (AvgIpc) is 2.97. The Morgan fingerprint density at radius 1 is 1.40 bits per heavy atom. The van der Waals surface area contributed by atoms with Crippen molar-refractivity contribution in [2.24, 2.45) is 0 Å². The van der Waals surface area contributed by atoms with Crippen molar-refractivity contribution >= 4 is 5.91 Å². The van der Waals surface area contributed by atoms with Crippen molar-refractivity contribution in [3.05, 3.63) is 29.8 Å². The van der Waals surface area contributed by atoms with Crippen LogP contribution in [-0.2, 0) is 4.79 Å². The van der Waals surface area contributed by atoms with Gasteiger partial charge in [-0.3, -0.25) is 4.79 Å². The molecule has 4 heteroatoms. The van der Waals surface area contributed by atoms with E-state index in [1.54, 1.807) is 7.11 Å². The number of methoxy groups -OCH3 is 1. The summed E-state index contributed by atoms with van der Waals surface area (Å²) in [6, 6.07) is 9.83. The van der Waals surface area contributed by atoms with Gasteiger partial charge in [-0.15, -0.1) is 0 Å². The number of carbonyl (C=O) groups is 1. The first kappa shape index (κ1) is 14.4. The molecule has 0 heterocycles. The first-order chi connectivity index (χ1) is 9.72. The van der Waals surface area contributed by atoms with E-state index in [1.165, 1.54) is 12.8 Å². The number of hydrogen-bond acceptors (Lipinski definition) is 3. The van der Waals surface area contributed by atoms with Gasteiger partial charge in [-0.25, -0.2) is 0 Å². The first-order valence-corrected chi connectivity index (χ1v) is 7.06. The molecule has 20 heavy (non-hydrogen) atoms. The van der Waals surface area contributed by atoms with Crippen molar-refractivity contribution in [3.63, 3.8) is 0 Å². The number of hydrogen-bond donors (Lipinski definition) is 1. The van der Waals surface area contributed by atoms with E-state index in [1.807, 2.05) is 24.3 Å². The Morgan fingerprint density at radius 2 is 2.05 bits per heavy atom. The molecule has 0 bridgehead atoms. The van der Waals surface area contributed by atoms with Crippen LogP contribution < -0.4 is 10.1 Å². The van der Waals surface area contributed by atoms with Gasteiger partial charge >= 0.3 is 0 Å². The highest BCUT2D eigenvalue weighted by Crippen LogP contribution is 2.23. The molecule has 1 aromatic rings. The quantitative estimate of drug-likeness (QED) is 0.896. The van der Waals surface area contributed by atoms with E-state index in [4.69, 9.17) is 4.74 Å². The molecule has 0 saturated heterocycles. The van der Waals surface area contributed by atoms with Crippen LogP contribution >= 0.6 is 0 Å². The van der Waals surface area contributed by atoms with Gasteiger partial charge in [-0.05, 0) is 30.5 Å². The maximum Gasteiger partial charge on any atom is 0.221 e. The summed E-state index contributed by atoms with van der Waals surface area (Å²) in [7, 11) is 1.60. The van der Waals surface area contributed by atoms with Crippen molar-refractivity contribution in [3.8, 4) is 11.8 Å². The number of benzene rings is 1. The van der Waals surface area contributed by atoms with Gasteiger partial charge in [0.2, 0.25) is 5.91 Å². The molecule has 1 saturated carbocycles. The molecular formula is C16H20N2O2. The zero-order chi connectivity index (χ0) is 14.4. The van der Waals surface area contributed by atoms with E-state index < -0.39 is 5.92 Å². The Bertz CT molecular complexity index is 484. The second-order valence-electron chi connectivity index (χ2n) is 5.21. The zero-order valence-corrected chi connectivity index (χ0v) is 11.8. The van der Waals surface area contributed by atoms with E-state index in [0.29, 0.717) is 6.04 Å². The molecule has 0 aromatic heterocycles. The molecule has 1 atom stereocenters. The SMILES string of the molecule is COc1ccc(C(C#N)CC(=O)NC2CCCC2)cc1. The summed E-state index contributed by atoms with van der Waals surface area (Å²) < 4.78 is 5.09. The van der Waals surface area contributed by atoms with Gasteiger partial charge in [0.25, 0.3) is 0 Å². The van der Waals surface area contributed by atoms with Crippen molar-refractivity contribution in [1.29, 1.82) is 5.26 Å². The Morgan fingerprint density at radius 3 is 2.60 bits per heavy atom. The third kappa shape index (κ3) is 3.74. The molecule has 1 N–H and O–H groups in total. The third-order valence-electron chi connectivity index (χ3n) is 3.78. The van der Waals surface area contributed by atoms with Crippen LogP contribution in [0.2, 0.25) is 0 Å². The van der Waals surface area contributed by atoms with E-state index in [-0.39, 0.29) is 12.3 Å². The zero-order valence-electron chi connectivity index (χ0n) is 11.8. The smallest absolute Gasteiger partial charge is 0.221 e. The minimum atomic E-state index is -0.401. The summed E-state index contributed by atoms with van der Waals surface area (Å²) in [4.78, 5) is 12.0. The van der Waals surface area contributed by atoms with Gasteiger partial charge in [0.15, 0.2) is 0 Å². The number of carbonyl (C=O) groups excluding carboxylic acids is 1. The molecule has 1 amide bonds. The summed E-state index contributed by atoms with van der Waals surface area (Å²) in [5.41, 5.74) is 0.856. The normalized spacial score (nSPS) is 16.4. The highest BCUT2D eigenvalue weighted by molar-refractivity contribution is 5.77. The number of ether oxygens (including phenoxy) is 1. The number of amides is 1. The molecule has 106 valence electrons. The molecule has 1 aromatic carbocycles. The van der Waals surface area contributed by atoms with Gasteiger partial charge in [0.05, 0.1) is 19.1 Å². The van der Waals surface area contributed by atoms with Crippen LogP contribution in [-0.4, -0.2) is 19.1 Å². The van der Waals surface area contributed by atoms with E-state index in [2.05, 4.69) is 11.4 Å². The van der Waals surface area contributed by atoms with E-state index >= 15 is 0 Å². The van der Waals surface area contributed by atoms with Crippen molar-refractivity contribution < 1.29 is 9.53 Å². The van der Waals surface area contributed by atoms with Crippen LogP contribution in [0.3, 0.4) is 0 Å². The molecule has 1 aliphatic carbocycles. The number of nitrogens with one attached hydrogen (secondary N) is 1. The van der Waals surface area contributed by atoms with Crippen molar-refractivity contribution in [2.45, 2.75) is 44.1 Å². The number of rotatable bonds is 5. The van der Waals surface area contributed by atoms with Gasteiger partial charge in [0.1, 0.15) is 5.75 Å². The molecule has 1 unspecified atom stereocenters. The Balaban J connectivity index is 1.93. The second-order valence-corrected chi connectivity index (χ2v) is 5.21. The third-order valence-corrected chi connectivity index (χ3v) is 3.78. The number of nitriles is 1. The molecule has 0 aliphatic heterocycles. The minimum absolute atomic E-state index is 0.0285. The first-order valence-electron chi connectivity index (χ1n) is 7.06. The van der Waals surface area contributed by atoms with Crippen LogP contribution in [0.1, 0.15) is 43.6 Å². The lowest BCUT2D eigenvalue weighted by Gasteiger charge is -2.14. The minimum Gasteiger partial charge on any atom is -0.497 e. The summed E-state index contributed by atoms with van der Waals surface area (Å²) in [5, 5.41) is 12.3. The molecule has 4 nitrogen and oxygen atoms in total. The average molecular weight is 272 g/mol. The van der Waals surface area contributed by atoms with Gasteiger partial charge in [0, 0.05) is 12.5 Å². The predicted molar refractivity (Wildman–Crippen MR) is 76.4 cm³/mol. The molecule has 0 radical (unpaired) electrons. The molecule has 1 fully saturated rings. The molecule has 2 rings (SSSR count). The van der Waals surface area contributed by atoms with Gasteiger partial charge in [-0.2, -0.15) is 5.26 Å². The maximum absolute atomic E-state index is 12.0. The summed E-state index contributed by atoms with van der Waals surface area (Å²) in [5.74, 6) is 0.322. The van der Waals surface area contributed by atoms with Crippen molar-refractivity contribution in [2.75, 3.05) is 7.11 Å². The standard InChI is InChI=1S/C16H20N2O2/c1-20-15-8-6-12(7-9-15)13(11-17)10-16(19)18-14-4-2-3-5-14/h6-9,13-14H,2-5,10H2,1H3,(H,18,19). The lowest BCUT2D eigenvalue weighted by atomic mass is 9.96. The number of nitrogens with zero attached hydrogens (tertiary/aromatic N) is 1.